The summed E-state index contributed by atoms with van der Waals surface area (Å²) in [5, 5.41) is 11.7. The first-order chi connectivity index (χ1) is 14.1. The molecule has 1 amide bonds. The van der Waals surface area contributed by atoms with Crippen LogP contribution in [0.4, 0.5) is 5.69 Å². The Hall–Kier alpha value is -3.32. The molecule has 4 aromatic rings. The molecule has 2 heterocycles. The van der Waals surface area contributed by atoms with Crippen LogP contribution in [0.1, 0.15) is 16.4 Å². The Labute approximate surface area is 173 Å². The lowest BCUT2D eigenvalue weighted by Gasteiger charge is -2.16. The topological polar surface area (TPSA) is 73.0 Å². The first-order valence-corrected chi connectivity index (χ1v) is 10.0. The van der Waals surface area contributed by atoms with E-state index in [1.807, 2.05) is 79.2 Å². The number of thioether (sulfide) groups is 1. The van der Waals surface area contributed by atoms with E-state index in [0.717, 1.165) is 16.8 Å². The van der Waals surface area contributed by atoms with Crippen molar-refractivity contribution in [2.24, 2.45) is 7.05 Å². The Bertz CT molecular complexity index is 1090. The molecule has 0 radical (unpaired) electrons. The van der Waals surface area contributed by atoms with Crippen LogP contribution in [-0.2, 0) is 11.8 Å². The van der Waals surface area contributed by atoms with Crippen LogP contribution in [0.15, 0.2) is 82.6 Å². The summed E-state index contributed by atoms with van der Waals surface area (Å²) >= 11 is 1.35. The molecule has 0 aliphatic rings. The molecule has 2 aromatic carbocycles. The molecule has 1 N–H and O–H groups in total. The van der Waals surface area contributed by atoms with Crippen LogP contribution in [0.5, 0.6) is 0 Å². The quantitative estimate of drug-likeness (QED) is 0.465. The number of furan rings is 1. The minimum atomic E-state index is -0.482. The standard InChI is InChI=1S/C22H20N4O2S/c1-15-10-12-17(13-11-15)23-21(27)19(16-7-4-3-5-8-16)29-22-25-24-20(26(22)2)18-9-6-14-28-18/h3-14,19H,1-2H3,(H,23,27)/t19-/m1/s1. The lowest BCUT2D eigenvalue weighted by molar-refractivity contribution is -0.115. The zero-order chi connectivity index (χ0) is 20.2. The Kier molecular flexibility index (Phi) is 5.48. The summed E-state index contributed by atoms with van der Waals surface area (Å²) in [6, 6.07) is 21.0. The number of hydrogen-bond donors (Lipinski definition) is 1. The van der Waals surface area contributed by atoms with Crippen LogP contribution in [0, 0.1) is 6.92 Å². The van der Waals surface area contributed by atoms with Crippen molar-refractivity contribution in [1.29, 1.82) is 0 Å². The van der Waals surface area contributed by atoms with E-state index in [1.54, 1.807) is 12.3 Å². The summed E-state index contributed by atoms with van der Waals surface area (Å²) in [5.41, 5.74) is 2.79. The van der Waals surface area contributed by atoms with Crippen LogP contribution in [-0.4, -0.2) is 20.7 Å². The van der Waals surface area contributed by atoms with Crippen LogP contribution in [0.3, 0.4) is 0 Å². The second-order valence-electron chi connectivity index (χ2n) is 6.61. The third kappa shape index (κ3) is 4.25. The molecule has 0 aliphatic carbocycles. The normalized spacial score (nSPS) is 11.9. The maximum absolute atomic E-state index is 13.1. The smallest absolute Gasteiger partial charge is 0.242 e. The number of anilines is 1. The molecule has 0 unspecified atom stereocenters. The van der Waals surface area contributed by atoms with Crippen LogP contribution < -0.4 is 5.32 Å². The molecule has 0 fully saturated rings. The van der Waals surface area contributed by atoms with Gasteiger partial charge in [-0.25, -0.2) is 0 Å². The second-order valence-corrected chi connectivity index (χ2v) is 7.68. The fourth-order valence-electron chi connectivity index (χ4n) is 2.89. The summed E-state index contributed by atoms with van der Waals surface area (Å²) in [6.07, 6.45) is 1.60. The molecule has 2 aromatic heterocycles. The van der Waals surface area contributed by atoms with Crippen molar-refractivity contribution >= 4 is 23.4 Å². The Morgan fingerprint density at radius 2 is 1.79 bits per heavy atom. The van der Waals surface area contributed by atoms with Gasteiger partial charge >= 0.3 is 0 Å². The van der Waals surface area contributed by atoms with Crippen LogP contribution in [0.2, 0.25) is 0 Å². The SMILES string of the molecule is Cc1ccc(NC(=O)[C@H](Sc2nnc(-c3ccco3)n2C)c2ccccc2)cc1. The van der Waals surface area contributed by atoms with Gasteiger partial charge in [0.1, 0.15) is 5.25 Å². The fraction of sp³-hybridized carbons (Fsp3) is 0.136. The first kappa shape index (κ1) is 19.0. The van der Waals surface area contributed by atoms with E-state index >= 15 is 0 Å². The van der Waals surface area contributed by atoms with Gasteiger partial charge in [0.2, 0.25) is 5.91 Å². The Morgan fingerprint density at radius 3 is 2.48 bits per heavy atom. The molecule has 146 valence electrons. The van der Waals surface area contributed by atoms with Gasteiger partial charge in [-0.15, -0.1) is 10.2 Å². The van der Waals surface area contributed by atoms with Crippen LogP contribution in [0.25, 0.3) is 11.6 Å². The molecule has 6 nitrogen and oxygen atoms in total. The van der Waals surface area contributed by atoms with E-state index in [0.29, 0.717) is 16.7 Å². The monoisotopic (exact) mass is 404 g/mol. The number of rotatable bonds is 6. The number of nitrogens with zero attached hydrogens (tertiary/aromatic N) is 3. The highest BCUT2D eigenvalue weighted by atomic mass is 32.2. The highest BCUT2D eigenvalue weighted by molar-refractivity contribution is 8.00. The summed E-state index contributed by atoms with van der Waals surface area (Å²) < 4.78 is 7.26. The van der Waals surface area contributed by atoms with Crippen molar-refractivity contribution in [3.63, 3.8) is 0 Å². The lowest BCUT2D eigenvalue weighted by atomic mass is 10.1. The van der Waals surface area contributed by atoms with Crippen molar-refractivity contribution in [2.45, 2.75) is 17.3 Å². The zero-order valence-corrected chi connectivity index (χ0v) is 16.9. The van der Waals surface area contributed by atoms with Gasteiger partial charge in [0.25, 0.3) is 0 Å². The van der Waals surface area contributed by atoms with E-state index in [1.165, 1.54) is 11.8 Å². The average molecular weight is 404 g/mol. The maximum atomic E-state index is 13.1. The van der Waals surface area contributed by atoms with Gasteiger partial charge < -0.3 is 14.3 Å². The number of nitrogens with one attached hydrogen (secondary N) is 1. The van der Waals surface area contributed by atoms with E-state index in [2.05, 4.69) is 15.5 Å². The molecule has 29 heavy (non-hydrogen) atoms. The first-order valence-electron chi connectivity index (χ1n) is 9.14. The minimum Gasteiger partial charge on any atom is -0.461 e. The van der Waals surface area contributed by atoms with Crippen molar-refractivity contribution in [3.8, 4) is 11.6 Å². The molecule has 4 rings (SSSR count). The highest BCUT2D eigenvalue weighted by Crippen LogP contribution is 2.36. The molecular weight excluding hydrogens is 384 g/mol. The van der Waals surface area contributed by atoms with Crippen molar-refractivity contribution in [2.75, 3.05) is 5.32 Å². The van der Waals surface area contributed by atoms with E-state index < -0.39 is 5.25 Å². The maximum Gasteiger partial charge on any atom is 0.242 e. The summed E-state index contributed by atoms with van der Waals surface area (Å²) in [6.45, 7) is 2.01. The average Bonchev–Trinajstić information content (AvgIpc) is 3.38. The summed E-state index contributed by atoms with van der Waals surface area (Å²) in [4.78, 5) is 13.1. The van der Waals surface area contributed by atoms with Gasteiger partial charge in [0, 0.05) is 12.7 Å². The molecule has 0 bridgehead atoms. The Morgan fingerprint density at radius 1 is 1.03 bits per heavy atom. The molecule has 0 saturated carbocycles. The number of aromatic nitrogens is 3. The summed E-state index contributed by atoms with van der Waals surface area (Å²) in [7, 11) is 1.86. The second kappa shape index (κ2) is 8.36. The number of hydrogen-bond acceptors (Lipinski definition) is 5. The predicted molar refractivity (Wildman–Crippen MR) is 114 cm³/mol. The lowest BCUT2D eigenvalue weighted by Crippen LogP contribution is -2.19. The number of carbonyl (C=O) groups is 1. The van der Waals surface area contributed by atoms with E-state index in [4.69, 9.17) is 4.42 Å². The Balaban J connectivity index is 1.61. The van der Waals surface area contributed by atoms with E-state index in [9.17, 15) is 4.79 Å². The van der Waals surface area contributed by atoms with Crippen molar-refractivity contribution < 1.29 is 9.21 Å². The zero-order valence-electron chi connectivity index (χ0n) is 16.1. The minimum absolute atomic E-state index is 0.118. The van der Waals surface area contributed by atoms with Crippen molar-refractivity contribution in [3.05, 3.63) is 84.1 Å². The van der Waals surface area contributed by atoms with Gasteiger partial charge in [-0.05, 0) is 36.8 Å². The molecule has 0 spiro atoms. The van der Waals surface area contributed by atoms with Gasteiger partial charge in [0.05, 0.1) is 6.26 Å². The fourth-order valence-corrected chi connectivity index (χ4v) is 3.89. The molecule has 1 atom stereocenters. The van der Waals surface area contributed by atoms with Crippen LogP contribution >= 0.6 is 11.8 Å². The number of carbonyl (C=O) groups excluding carboxylic acids is 1. The molecule has 0 saturated heterocycles. The molecule has 7 heteroatoms. The van der Waals surface area contributed by atoms with Gasteiger partial charge in [-0.2, -0.15) is 0 Å². The third-order valence-corrected chi connectivity index (χ3v) is 5.75. The number of amides is 1. The molecular formula is C22H20N4O2S. The van der Waals surface area contributed by atoms with Gasteiger partial charge in [-0.1, -0.05) is 59.8 Å². The number of benzene rings is 2. The largest absolute Gasteiger partial charge is 0.461 e. The molecule has 0 aliphatic heterocycles. The predicted octanol–water partition coefficient (Wildman–Crippen LogP) is 4.86. The van der Waals surface area contributed by atoms with E-state index in [-0.39, 0.29) is 5.91 Å². The van der Waals surface area contributed by atoms with Crippen molar-refractivity contribution in [1.82, 2.24) is 14.8 Å². The highest BCUT2D eigenvalue weighted by Gasteiger charge is 2.25. The number of aryl methyl sites for hydroxylation is 1. The third-order valence-electron chi connectivity index (χ3n) is 4.46. The summed E-state index contributed by atoms with van der Waals surface area (Å²) in [5.74, 6) is 1.13. The van der Waals surface area contributed by atoms with Gasteiger partial charge in [0.15, 0.2) is 16.7 Å². The van der Waals surface area contributed by atoms with Gasteiger partial charge in [-0.3, -0.25) is 4.79 Å².